The highest BCUT2D eigenvalue weighted by molar-refractivity contribution is 7.92. The zero-order valence-electron chi connectivity index (χ0n) is 12.4. The Morgan fingerprint density at radius 2 is 2.00 bits per heavy atom. The molecule has 1 aromatic heterocycles. The van der Waals surface area contributed by atoms with Gasteiger partial charge in [-0.1, -0.05) is 19.1 Å². The summed E-state index contributed by atoms with van der Waals surface area (Å²) in [7, 11) is -1.96. The lowest BCUT2D eigenvalue weighted by Gasteiger charge is -2.13. The molecule has 0 saturated heterocycles. The van der Waals surface area contributed by atoms with Crippen molar-refractivity contribution in [2.45, 2.75) is 25.2 Å². The van der Waals surface area contributed by atoms with Gasteiger partial charge in [0, 0.05) is 19.7 Å². The van der Waals surface area contributed by atoms with Crippen molar-refractivity contribution in [3.05, 3.63) is 36.0 Å². The summed E-state index contributed by atoms with van der Waals surface area (Å²) in [5.41, 5.74) is 1.36. The first-order valence-electron chi connectivity index (χ1n) is 6.80. The normalized spacial score (nSPS) is 11.4. The molecular weight excluding hydrogens is 288 g/mol. The van der Waals surface area contributed by atoms with Crippen LogP contribution in [0.25, 0.3) is 0 Å². The second-order valence-electron chi connectivity index (χ2n) is 4.82. The number of para-hydroxylation sites is 1. The summed E-state index contributed by atoms with van der Waals surface area (Å²) in [4.78, 5) is 0.234. The van der Waals surface area contributed by atoms with Crippen LogP contribution in [0.5, 0.6) is 0 Å². The van der Waals surface area contributed by atoms with Gasteiger partial charge in [-0.25, -0.2) is 8.42 Å². The van der Waals surface area contributed by atoms with Gasteiger partial charge in [0.25, 0.3) is 10.0 Å². The van der Waals surface area contributed by atoms with Gasteiger partial charge in [0.15, 0.2) is 0 Å². The Bertz CT molecular complexity index is 722. The fourth-order valence-corrected chi connectivity index (χ4v) is 3.27. The molecule has 0 atom stereocenters. The Labute approximate surface area is 125 Å². The van der Waals surface area contributed by atoms with E-state index >= 15 is 0 Å². The van der Waals surface area contributed by atoms with Gasteiger partial charge < -0.3 is 5.32 Å². The summed E-state index contributed by atoms with van der Waals surface area (Å²) >= 11 is 0. The number of benzene rings is 1. The number of aromatic nitrogens is 2. The number of anilines is 2. The molecule has 0 aliphatic carbocycles. The summed E-state index contributed by atoms with van der Waals surface area (Å²) in [6.45, 7) is 4.56. The molecule has 6 nitrogen and oxygen atoms in total. The lowest BCUT2D eigenvalue weighted by molar-refractivity contribution is 0.600. The number of hydrogen-bond acceptors (Lipinski definition) is 4. The van der Waals surface area contributed by atoms with Crippen molar-refractivity contribution in [2.75, 3.05) is 16.6 Å². The number of nitrogens with zero attached hydrogens (tertiary/aromatic N) is 2. The van der Waals surface area contributed by atoms with Crippen LogP contribution in [-0.2, 0) is 17.1 Å². The third kappa shape index (κ3) is 3.55. The second-order valence-corrected chi connectivity index (χ2v) is 6.47. The summed E-state index contributed by atoms with van der Waals surface area (Å²) in [5.74, 6) is 0.442. The highest BCUT2D eigenvalue weighted by Crippen LogP contribution is 2.23. The molecule has 0 bridgehead atoms. The van der Waals surface area contributed by atoms with Gasteiger partial charge in [-0.05, 0) is 25.5 Å². The van der Waals surface area contributed by atoms with Crippen molar-refractivity contribution in [1.29, 1.82) is 0 Å². The minimum atomic E-state index is -3.66. The first-order chi connectivity index (χ1) is 9.94. The lowest BCUT2D eigenvalue weighted by Crippen LogP contribution is -2.17. The topological polar surface area (TPSA) is 76.0 Å². The number of nitrogens with one attached hydrogen (secondary N) is 2. The molecular formula is C14H20N4O2S. The molecule has 0 saturated carbocycles. The number of rotatable bonds is 6. The van der Waals surface area contributed by atoms with E-state index in [0.717, 1.165) is 18.7 Å². The van der Waals surface area contributed by atoms with Gasteiger partial charge in [-0.2, -0.15) is 5.10 Å². The zero-order chi connectivity index (χ0) is 15.5. The Morgan fingerprint density at radius 3 is 2.62 bits per heavy atom. The van der Waals surface area contributed by atoms with E-state index in [1.165, 1.54) is 4.68 Å². The van der Waals surface area contributed by atoms with E-state index in [2.05, 4.69) is 15.1 Å². The van der Waals surface area contributed by atoms with Gasteiger partial charge in [0.2, 0.25) is 0 Å². The summed E-state index contributed by atoms with van der Waals surface area (Å²) < 4.78 is 29.2. The maximum absolute atomic E-state index is 12.6. The third-order valence-corrected chi connectivity index (χ3v) is 4.40. The Kier molecular flexibility index (Phi) is 4.52. The SMILES string of the molecule is CCCNc1ccccc1S(=O)(=O)Nc1cc(C)nn1C. The van der Waals surface area contributed by atoms with Crippen molar-refractivity contribution in [3.8, 4) is 0 Å². The minimum Gasteiger partial charge on any atom is -0.384 e. The van der Waals surface area contributed by atoms with E-state index in [4.69, 9.17) is 0 Å². The average Bonchev–Trinajstić information content (AvgIpc) is 2.74. The predicted molar refractivity (Wildman–Crippen MR) is 84.0 cm³/mol. The maximum atomic E-state index is 12.6. The van der Waals surface area contributed by atoms with Gasteiger partial charge in [0.05, 0.1) is 11.4 Å². The first kappa shape index (κ1) is 15.4. The smallest absolute Gasteiger partial charge is 0.265 e. The van der Waals surface area contributed by atoms with Crippen LogP contribution in [0.4, 0.5) is 11.5 Å². The Morgan fingerprint density at radius 1 is 1.29 bits per heavy atom. The van der Waals surface area contributed by atoms with Crippen molar-refractivity contribution in [1.82, 2.24) is 9.78 Å². The van der Waals surface area contributed by atoms with E-state index in [1.807, 2.05) is 19.9 Å². The van der Waals surface area contributed by atoms with Crippen LogP contribution in [0.3, 0.4) is 0 Å². The molecule has 1 heterocycles. The summed E-state index contributed by atoms with van der Waals surface area (Å²) in [5, 5.41) is 7.27. The Balaban J connectivity index is 2.33. The van der Waals surface area contributed by atoms with E-state index in [0.29, 0.717) is 11.5 Å². The lowest BCUT2D eigenvalue weighted by atomic mass is 10.3. The summed E-state index contributed by atoms with van der Waals surface area (Å²) in [6, 6.07) is 8.56. The molecule has 0 aliphatic heterocycles. The van der Waals surface area contributed by atoms with Crippen molar-refractivity contribution in [2.24, 2.45) is 7.05 Å². The van der Waals surface area contributed by atoms with Crippen molar-refractivity contribution in [3.63, 3.8) is 0 Å². The fourth-order valence-electron chi connectivity index (χ4n) is 2.01. The van der Waals surface area contributed by atoms with E-state index in [9.17, 15) is 8.42 Å². The van der Waals surface area contributed by atoms with Crippen LogP contribution >= 0.6 is 0 Å². The first-order valence-corrected chi connectivity index (χ1v) is 8.28. The maximum Gasteiger partial charge on any atom is 0.265 e. The molecule has 2 aromatic rings. The van der Waals surface area contributed by atoms with Crippen LogP contribution in [0.15, 0.2) is 35.2 Å². The van der Waals surface area contributed by atoms with Crippen LogP contribution in [0.1, 0.15) is 19.0 Å². The predicted octanol–water partition coefficient (Wildman–Crippen LogP) is 2.35. The van der Waals surface area contributed by atoms with E-state index < -0.39 is 10.0 Å². The molecule has 7 heteroatoms. The van der Waals surface area contributed by atoms with E-state index in [-0.39, 0.29) is 4.90 Å². The molecule has 1 aromatic carbocycles. The quantitative estimate of drug-likeness (QED) is 0.859. The highest BCUT2D eigenvalue weighted by Gasteiger charge is 2.19. The molecule has 0 spiro atoms. The minimum absolute atomic E-state index is 0.234. The van der Waals surface area contributed by atoms with Crippen LogP contribution in [0, 0.1) is 6.92 Å². The van der Waals surface area contributed by atoms with E-state index in [1.54, 1.807) is 31.3 Å². The fraction of sp³-hybridized carbons (Fsp3) is 0.357. The molecule has 2 N–H and O–H groups in total. The molecule has 21 heavy (non-hydrogen) atoms. The second kappa shape index (κ2) is 6.17. The molecule has 0 radical (unpaired) electrons. The average molecular weight is 308 g/mol. The standard InChI is InChI=1S/C14H20N4O2S/c1-4-9-15-12-7-5-6-8-13(12)21(19,20)17-14-10-11(2)16-18(14)3/h5-8,10,15,17H,4,9H2,1-3H3. The summed E-state index contributed by atoms with van der Waals surface area (Å²) in [6.07, 6.45) is 0.919. The van der Waals surface area contributed by atoms with Gasteiger partial charge in [0.1, 0.15) is 10.7 Å². The third-order valence-electron chi connectivity index (χ3n) is 2.98. The Hall–Kier alpha value is -2.02. The molecule has 0 amide bonds. The zero-order valence-corrected chi connectivity index (χ0v) is 13.2. The van der Waals surface area contributed by atoms with Crippen molar-refractivity contribution < 1.29 is 8.42 Å². The molecule has 2 rings (SSSR count). The van der Waals surface area contributed by atoms with Gasteiger partial charge in [-0.3, -0.25) is 9.40 Å². The molecule has 0 fully saturated rings. The van der Waals surface area contributed by atoms with Gasteiger partial charge >= 0.3 is 0 Å². The molecule has 114 valence electrons. The molecule has 0 unspecified atom stereocenters. The van der Waals surface area contributed by atoms with Crippen LogP contribution in [-0.4, -0.2) is 24.7 Å². The van der Waals surface area contributed by atoms with Crippen LogP contribution in [0.2, 0.25) is 0 Å². The monoisotopic (exact) mass is 308 g/mol. The van der Waals surface area contributed by atoms with Gasteiger partial charge in [-0.15, -0.1) is 0 Å². The largest absolute Gasteiger partial charge is 0.384 e. The van der Waals surface area contributed by atoms with Crippen LogP contribution < -0.4 is 10.0 Å². The molecule has 0 aliphatic rings. The number of sulfonamides is 1. The number of aryl methyl sites for hydroxylation is 2. The van der Waals surface area contributed by atoms with Crippen molar-refractivity contribution >= 4 is 21.5 Å². The number of hydrogen-bond donors (Lipinski definition) is 2. The highest BCUT2D eigenvalue weighted by atomic mass is 32.2.